The Morgan fingerprint density at radius 2 is 1.58 bits per heavy atom. The van der Waals surface area contributed by atoms with Crippen molar-refractivity contribution in [3.8, 4) is 0 Å². The van der Waals surface area contributed by atoms with Crippen LogP contribution in [0, 0.1) is 20.8 Å². The Kier molecular flexibility index (Phi) is 6.41. The summed E-state index contributed by atoms with van der Waals surface area (Å²) in [6, 6.07) is 3.75. The second-order valence-electron chi connectivity index (χ2n) is 6.75. The second-order valence-corrected chi connectivity index (χ2v) is 8.62. The van der Waals surface area contributed by atoms with Crippen LogP contribution in [0.5, 0.6) is 0 Å². The average molecular weight is 381 g/mol. The van der Waals surface area contributed by atoms with E-state index < -0.39 is 10.0 Å². The summed E-state index contributed by atoms with van der Waals surface area (Å²) in [6.45, 7) is 8.56. The molecule has 1 saturated heterocycles. The number of carbonyl (C=O) groups excluding carboxylic acids is 2. The molecule has 2 rings (SSSR count). The van der Waals surface area contributed by atoms with E-state index in [9.17, 15) is 18.0 Å². The van der Waals surface area contributed by atoms with E-state index in [0.29, 0.717) is 24.5 Å². The van der Waals surface area contributed by atoms with Gasteiger partial charge in [0.25, 0.3) is 0 Å². The molecule has 1 aromatic rings. The molecule has 1 fully saturated rings. The molecule has 7 nitrogen and oxygen atoms in total. The third-order valence-electron chi connectivity index (χ3n) is 4.51. The summed E-state index contributed by atoms with van der Waals surface area (Å²) in [5, 5.41) is 2.59. The lowest BCUT2D eigenvalue weighted by Crippen LogP contribution is -2.51. The van der Waals surface area contributed by atoms with Gasteiger partial charge in [0.1, 0.15) is 0 Å². The highest BCUT2D eigenvalue weighted by Crippen LogP contribution is 2.26. The molecule has 8 heteroatoms. The van der Waals surface area contributed by atoms with Crippen molar-refractivity contribution in [3.05, 3.63) is 28.8 Å². The van der Waals surface area contributed by atoms with Gasteiger partial charge >= 0.3 is 0 Å². The molecule has 0 atom stereocenters. The minimum absolute atomic E-state index is 0.0708. The molecule has 26 heavy (non-hydrogen) atoms. The van der Waals surface area contributed by atoms with E-state index in [1.54, 1.807) is 4.90 Å². The minimum atomic E-state index is -3.58. The lowest BCUT2D eigenvalue weighted by molar-refractivity contribution is -0.132. The first-order valence-electron chi connectivity index (χ1n) is 8.73. The van der Waals surface area contributed by atoms with Crippen molar-refractivity contribution in [2.75, 3.05) is 32.7 Å². The Morgan fingerprint density at radius 3 is 2.08 bits per heavy atom. The van der Waals surface area contributed by atoms with E-state index in [4.69, 9.17) is 0 Å². The Hall–Kier alpha value is -1.93. The lowest BCUT2D eigenvalue weighted by Gasteiger charge is -2.34. The van der Waals surface area contributed by atoms with Crippen molar-refractivity contribution >= 4 is 21.8 Å². The van der Waals surface area contributed by atoms with Crippen LogP contribution in [-0.2, 0) is 19.6 Å². The number of piperazine rings is 1. The summed E-state index contributed by atoms with van der Waals surface area (Å²) in [7, 11) is -3.58. The first-order valence-corrected chi connectivity index (χ1v) is 10.2. The van der Waals surface area contributed by atoms with Crippen LogP contribution in [0.2, 0.25) is 0 Å². The molecule has 0 aliphatic carbocycles. The fraction of sp³-hybridized carbons (Fsp3) is 0.556. The van der Waals surface area contributed by atoms with Gasteiger partial charge < -0.3 is 10.2 Å². The summed E-state index contributed by atoms with van der Waals surface area (Å²) in [5.41, 5.74) is 2.53. The largest absolute Gasteiger partial charge is 0.356 e. The van der Waals surface area contributed by atoms with Gasteiger partial charge in [0, 0.05) is 46.1 Å². The highest BCUT2D eigenvalue weighted by molar-refractivity contribution is 7.89. The number of hydrogen-bond donors (Lipinski definition) is 1. The summed E-state index contributed by atoms with van der Waals surface area (Å²) in [5.74, 6) is -0.240. The average Bonchev–Trinajstić information content (AvgIpc) is 2.53. The molecule has 0 aromatic heterocycles. The van der Waals surface area contributed by atoms with Gasteiger partial charge in [0.05, 0.1) is 4.90 Å². The fourth-order valence-corrected chi connectivity index (χ4v) is 5.22. The molecular weight excluding hydrogens is 354 g/mol. The van der Waals surface area contributed by atoms with Crippen LogP contribution in [0.4, 0.5) is 0 Å². The van der Waals surface area contributed by atoms with Crippen LogP contribution in [0.15, 0.2) is 17.0 Å². The van der Waals surface area contributed by atoms with Gasteiger partial charge in [0.2, 0.25) is 21.8 Å². The molecule has 144 valence electrons. The number of rotatable bonds is 5. The molecule has 0 bridgehead atoms. The maximum Gasteiger partial charge on any atom is 0.243 e. The molecule has 1 aliphatic heterocycles. The Balaban J connectivity index is 2.03. The molecule has 0 spiro atoms. The zero-order valence-corrected chi connectivity index (χ0v) is 16.6. The Labute approximate surface area is 155 Å². The normalized spacial score (nSPS) is 15.8. The van der Waals surface area contributed by atoms with Crippen LogP contribution in [0.1, 0.15) is 30.0 Å². The molecule has 0 saturated carbocycles. The topological polar surface area (TPSA) is 86.8 Å². The second kappa shape index (κ2) is 8.18. The summed E-state index contributed by atoms with van der Waals surface area (Å²) < 4.78 is 27.5. The molecule has 2 amide bonds. The van der Waals surface area contributed by atoms with Crippen LogP contribution in [-0.4, -0.2) is 62.2 Å². The number of carbonyl (C=O) groups is 2. The number of aryl methyl sites for hydroxylation is 3. The smallest absolute Gasteiger partial charge is 0.243 e. The standard InChI is InChI=1S/C18H27N3O4S/c1-13-11-14(2)18(15(3)12-13)26(24,25)21-9-7-20(8-10-21)17(23)5-6-19-16(4)22/h11-12H,5-10H2,1-4H3,(H,19,22). The molecule has 0 radical (unpaired) electrons. The van der Waals surface area contributed by atoms with Gasteiger partial charge in [-0.1, -0.05) is 17.7 Å². The molecule has 0 unspecified atom stereocenters. The summed E-state index contributed by atoms with van der Waals surface area (Å²) >= 11 is 0. The van der Waals surface area contributed by atoms with Crippen LogP contribution < -0.4 is 5.32 Å². The van der Waals surface area contributed by atoms with E-state index in [1.807, 2.05) is 32.9 Å². The number of nitrogens with one attached hydrogen (secondary N) is 1. The van der Waals surface area contributed by atoms with Crippen molar-refractivity contribution in [1.29, 1.82) is 0 Å². The fourth-order valence-electron chi connectivity index (χ4n) is 3.38. The van der Waals surface area contributed by atoms with E-state index in [-0.39, 0.29) is 31.3 Å². The number of hydrogen-bond acceptors (Lipinski definition) is 4. The Morgan fingerprint density at radius 1 is 1.04 bits per heavy atom. The molecular formula is C18H27N3O4S. The first kappa shape index (κ1) is 20.4. The minimum Gasteiger partial charge on any atom is -0.356 e. The zero-order valence-electron chi connectivity index (χ0n) is 15.8. The number of nitrogens with zero attached hydrogens (tertiary/aromatic N) is 2. The van der Waals surface area contributed by atoms with Crippen LogP contribution >= 0.6 is 0 Å². The number of sulfonamides is 1. The molecule has 1 aromatic carbocycles. The van der Waals surface area contributed by atoms with Crippen molar-refractivity contribution in [2.45, 2.75) is 39.0 Å². The highest BCUT2D eigenvalue weighted by atomic mass is 32.2. The van der Waals surface area contributed by atoms with Gasteiger partial charge in [-0.05, 0) is 31.9 Å². The van der Waals surface area contributed by atoms with Crippen molar-refractivity contribution in [1.82, 2.24) is 14.5 Å². The van der Waals surface area contributed by atoms with Crippen molar-refractivity contribution in [2.24, 2.45) is 0 Å². The summed E-state index contributed by atoms with van der Waals surface area (Å²) in [4.78, 5) is 25.0. The van der Waals surface area contributed by atoms with Gasteiger partial charge in [-0.25, -0.2) is 8.42 Å². The third kappa shape index (κ3) is 4.62. The van der Waals surface area contributed by atoms with Crippen molar-refractivity contribution in [3.63, 3.8) is 0 Å². The van der Waals surface area contributed by atoms with Gasteiger partial charge in [0.15, 0.2) is 0 Å². The van der Waals surface area contributed by atoms with E-state index in [2.05, 4.69) is 5.32 Å². The first-order chi connectivity index (χ1) is 12.1. The maximum absolute atomic E-state index is 13.0. The SMILES string of the molecule is CC(=O)NCCC(=O)N1CCN(S(=O)(=O)c2c(C)cc(C)cc2C)CC1. The molecule has 1 aliphatic rings. The zero-order chi connectivity index (χ0) is 19.5. The molecule has 1 N–H and O–H groups in total. The predicted octanol–water partition coefficient (Wildman–Crippen LogP) is 0.971. The number of amides is 2. The van der Waals surface area contributed by atoms with Crippen molar-refractivity contribution < 1.29 is 18.0 Å². The van der Waals surface area contributed by atoms with Gasteiger partial charge in [-0.2, -0.15) is 4.31 Å². The van der Waals surface area contributed by atoms with E-state index >= 15 is 0 Å². The summed E-state index contributed by atoms with van der Waals surface area (Å²) in [6.07, 6.45) is 0.225. The number of benzene rings is 1. The molecule has 1 heterocycles. The van der Waals surface area contributed by atoms with E-state index in [0.717, 1.165) is 16.7 Å². The third-order valence-corrected chi connectivity index (χ3v) is 6.71. The lowest BCUT2D eigenvalue weighted by atomic mass is 10.1. The van der Waals surface area contributed by atoms with Crippen LogP contribution in [0.3, 0.4) is 0 Å². The maximum atomic E-state index is 13.0. The van der Waals surface area contributed by atoms with Crippen LogP contribution in [0.25, 0.3) is 0 Å². The monoisotopic (exact) mass is 381 g/mol. The highest BCUT2D eigenvalue weighted by Gasteiger charge is 2.32. The van der Waals surface area contributed by atoms with Gasteiger partial charge in [-0.3, -0.25) is 9.59 Å². The van der Waals surface area contributed by atoms with E-state index in [1.165, 1.54) is 11.2 Å². The predicted molar refractivity (Wildman–Crippen MR) is 99.3 cm³/mol. The Bertz CT molecular complexity index is 774. The quantitative estimate of drug-likeness (QED) is 0.823. The van der Waals surface area contributed by atoms with Gasteiger partial charge in [-0.15, -0.1) is 0 Å².